The molecule has 0 radical (unpaired) electrons. The Morgan fingerprint density at radius 1 is 1.31 bits per heavy atom. The minimum atomic E-state index is -1.19. The van der Waals surface area contributed by atoms with Gasteiger partial charge in [0.2, 0.25) is 6.10 Å². The average Bonchev–Trinajstić information content (AvgIpc) is 2.27. The maximum absolute atomic E-state index is 11.0. The number of hydrogen-bond donors (Lipinski definition) is 2. The Morgan fingerprint density at radius 3 is 2.62 bits per heavy atom. The van der Waals surface area contributed by atoms with Crippen molar-refractivity contribution in [2.45, 2.75) is 6.10 Å². The molecule has 0 saturated carbocycles. The Balaban J connectivity index is 2.41. The van der Waals surface area contributed by atoms with Crippen LogP contribution in [-0.4, -0.2) is 34.9 Å². The van der Waals surface area contributed by atoms with Gasteiger partial charge in [0.25, 0.3) is 0 Å². The molecular formula is C10H9NO5. The van der Waals surface area contributed by atoms with Gasteiger partial charge in [-0.15, -0.1) is 0 Å². The van der Waals surface area contributed by atoms with Gasteiger partial charge in [0, 0.05) is 0 Å². The van der Waals surface area contributed by atoms with Crippen LogP contribution in [0.5, 0.6) is 5.75 Å². The van der Waals surface area contributed by atoms with E-state index >= 15 is 0 Å². The van der Waals surface area contributed by atoms with Crippen LogP contribution in [0.2, 0.25) is 0 Å². The third-order valence-corrected chi connectivity index (χ3v) is 2.28. The minimum absolute atomic E-state index is 0.207. The molecule has 0 bridgehead atoms. The van der Waals surface area contributed by atoms with Gasteiger partial charge in [0.15, 0.2) is 0 Å². The van der Waals surface area contributed by atoms with Crippen molar-refractivity contribution in [3.63, 3.8) is 0 Å². The fourth-order valence-corrected chi connectivity index (χ4v) is 1.54. The van der Waals surface area contributed by atoms with E-state index in [4.69, 9.17) is 14.9 Å². The highest BCUT2D eigenvalue weighted by molar-refractivity contribution is 5.90. The second-order valence-corrected chi connectivity index (χ2v) is 3.31. The highest BCUT2D eigenvalue weighted by Crippen LogP contribution is 2.32. The predicted octanol–water partition coefficient (Wildman–Crippen LogP) is 1.02. The molecule has 0 aliphatic carbocycles. The molecule has 6 nitrogen and oxygen atoms in total. The summed E-state index contributed by atoms with van der Waals surface area (Å²) >= 11 is 0. The van der Waals surface area contributed by atoms with E-state index in [1.807, 2.05) is 0 Å². The summed E-state index contributed by atoms with van der Waals surface area (Å²) in [6.45, 7) is -0.207. The predicted molar refractivity (Wildman–Crippen MR) is 53.9 cm³/mol. The van der Waals surface area contributed by atoms with Crippen LogP contribution in [0.3, 0.4) is 0 Å². The number of para-hydroxylation sites is 2. The number of aliphatic carboxylic acids is 1. The summed E-state index contributed by atoms with van der Waals surface area (Å²) in [5.41, 5.74) is 0.368. The van der Waals surface area contributed by atoms with Crippen LogP contribution in [0.25, 0.3) is 0 Å². The van der Waals surface area contributed by atoms with Gasteiger partial charge >= 0.3 is 12.1 Å². The number of fused-ring (bicyclic) bond motifs is 1. The molecule has 84 valence electrons. The molecule has 1 aliphatic rings. The zero-order chi connectivity index (χ0) is 11.7. The lowest BCUT2D eigenvalue weighted by Crippen LogP contribution is -2.46. The number of hydrogen-bond acceptors (Lipinski definition) is 3. The van der Waals surface area contributed by atoms with Gasteiger partial charge in [-0.2, -0.15) is 0 Å². The maximum Gasteiger partial charge on any atom is 0.412 e. The molecule has 0 saturated heterocycles. The van der Waals surface area contributed by atoms with Gasteiger partial charge in [-0.3, -0.25) is 4.90 Å². The summed E-state index contributed by atoms with van der Waals surface area (Å²) in [7, 11) is 0. The lowest BCUT2D eigenvalue weighted by molar-refractivity contribution is -0.144. The number of carboxylic acid groups (broad SMARTS) is 2. The molecule has 1 unspecified atom stereocenters. The number of anilines is 1. The van der Waals surface area contributed by atoms with Crippen molar-refractivity contribution in [2.24, 2.45) is 0 Å². The SMILES string of the molecule is O=C(O)C1CN(C(=O)O)c2ccccc2O1. The second kappa shape index (κ2) is 3.73. The summed E-state index contributed by atoms with van der Waals surface area (Å²) in [5.74, 6) is -0.913. The van der Waals surface area contributed by atoms with Crippen molar-refractivity contribution < 1.29 is 24.5 Å². The quantitative estimate of drug-likeness (QED) is 0.742. The van der Waals surface area contributed by atoms with Crippen molar-refractivity contribution in [1.82, 2.24) is 0 Å². The molecule has 1 aromatic rings. The average molecular weight is 223 g/mol. The van der Waals surface area contributed by atoms with Crippen molar-refractivity contribution >= 4 is 17.7 Å². The molecule has 1 aromatic carbocycles. The lowest BCUT2D eigenvalue weighted by Gasteiger charge is -2.30. The fourth-order valence-electron chi connectivity index (χ4n) is 1.54. The number of rotatable bonds is 1. The van der Waals surface area contributed by atoms with Crippen LogP contribution in [-0.2, 0) is 4.79 Å². The summed E-state index contributed by atoms with van der Waals surface area (Å²) in [6.07, 6.45) is -2.35. The molecular weight excluding hydrogens is 214 g/mol. The number of amides is 1. The minimum Gasteiger partial charge on any atom is -0.478 e. The summed E-state index contributed by atoms with van der Waals surface area (Å²) in [5, 5.41) is 17.8. The van der Waals surface area contributed by atoms with Crippen LogP contribution in [0.1, 0.15) is 0 Å². The highest BCUT2D eigenvalue weighted by Gasteiger charge is 2.33. The van der Waals surface area contributed by atoms with E-state index in [0.717, 1.165) is 4.90 Å². The van der Waals surface area contributed by atoms with Crippen LogP contribution in [0, 0.1) is 0 Å². The smallest absolute Gasteiger partial charge is 0.412 e. The fraction of sp³-hybridized carbons (Fsp3) is 0.200. The van der Waals surface area contributed by atoms with Crippen molar-refractivity contribution in [1.29, 1.82) is 0 Å². The van der Waals surface area contributed by atoms with E-state index in [1.54, 1.807) is 24.3 Å². The molecule has 1 aliphatic heterocycles. The van der Waals surface area contributed by atoms with E-state index in [0.29, 0.717) is 5.69 Å². The molecule has 2 N–H and O–H groups in total. The Bertz CT molecular complexity index is 445. The van der Waals surface area contributed by atoms with Gasteiger partial charge in [0.05, 0.1) is 12.2 Å². The third-order valence-electron chi connectivity index (χ3n) is 2.28. The van der Waals surface area contributed by atoms with Crippen LogP contribution in [0.4, 0.5) is 10.5 Å². The molecule has 1 atom stereocenters. The van der Waals surface area contributed by atoms with Crippen LogP contribution in [0.15, 0.2) is 24.3 Å². The molecule has 1 heterocycles. The van der Waals surface area contributed by atoms with Gasteiger partial charge in [0.1, 0.15) is 5.75 Å². The first-order chi connectivity index (χ1) is 7.59. The Kier molecular flexibility index (Phi) is 2.40. The van der Waals surface area contributed by atoms with Crippen molar-refractivity contribution in [2.75, 3.05) is 11.4 Å². The van der Waals surface area contributed by atoms with E-state index in [1.165, 1.54) is 0 Å². The Labute approximate surface area is 90.7 Å². The Hall–Kier alpha value is -2.24. The zero-order valence-corrected chi connectivity index (χ0v) is 8.16. The van der Waals surface area contributed by atoms with Crippen LogP contribution >= 0.6 is 0 Å². The van der Waals surface area contributed by atoms with E-state index in [-0.39, 0.29) is 12.3 Å². The molecule has 16 heavy (non-hydrogen) atoms. The number of nitrogens with zero attached hydrogens (tertiary/aromatic N) is 1. The summed E-state index contributed by atoms with van der Waals surface area (Å²) in [6, 6.07) is 6.43. The molecule has 1 amide bonds. The monoisotopic (exact) mass is 223 g/mol. The number of carboxylic acids is 1. The third kappa shape index (κ3) is 1.65. The van der Waals surface area contributed by atoms with E-state index in [9.17, 15) is 9.59 Å². The van der Waals surface area contributed by atoms with Crippen molar-refractivity contribution in [3.05, 3.63) is 24.3 Å². The topological polar surface area (TPSA) is 87.1 Å². The molecule has 0 spiro atoms. The van der Waals surface area contributed by atoms with E-state index in [2.05, 4.69) is 0 Å². The summed E-state index contributed by atoms with van der Waals surface area (Å²) < 4.78 is 5.17. The zero-order valence-electron chi connectivity index (χ0n) is 8.16. The van der Waals surface area contributed by atoms with Gasteiger partial charge < -0.3 is 14.9 Å². The van der Waals surface area contributed by atoms with E-state index < -0.39 is 18.2 Å². The standard InChI is InChI=1S/C10H9NO5/c12-9(13)8-5-11(10(14)15)6-3-1-2-4-7(6)16-8/h1-4,8H,5H2,(H,12,13)(H,14,15). The largest absolute Gasteiger partial charge is 0.478 e. The molecule has 0 aromatic heterocycles. The maximum atomic E-state index is 11.0. The first-order valence-electron chi connectivity index (χ1n) is 4.58. The van der Waals surface area contributed by atoms with Gasteiger partial charge in [-0.1, -0.05) is 12.1 Å². The van der Waals surface area contributed by atoms with Crippen molar-refractivity contribution in [3.8, 4) is 5.75 Å². The number of benzene rings is 1. The van der Waals surface area contributed by atoms with Gasteiger partial charge in [-0.25, -0.2) is 9.59 Å². The number of ether oxygens (including phenoxy) is 1. The molecule has 6 heteroatoms. The van der Waals surface area contributed by atoms with Crippen LogP contribution < -0.4 is 9.64 Å². The molecule has 0 fully saturated rings. The lowest BCUT2D eigenvalue weighted by atomic mass is 10.2. The molecule has 2 rings (SSSR count). The normalized spacial score (nSPS) is 18.5. The first kappa shape index (κ1) is 10.3. The highest BCUT2D eigenvalue weighted by atomic mass is 16.5. The van der Waals surface area contributed by atoms with Gasteiger partial charge in [-0.05, 0) is 12.1 Å². The summed E-state index contributed by atoms with van der Waals surface area (Å²) in [4.78, 5) is 22.7. The second-order valence-electron chi connectivity index (χ2n) is 3.31. The Morgan fingerprint density at radius 2 is 2.00 bits per heavy atom. The number of carbonyl (C=O) groups is 2. The first-order valence-corrected chi connectivity index (χ1v) is 4.58.